The van der Waals surface area contributed by atoms with Gasteiger partial charge >= 0.3 is 5.97 Å². The number of hydrogen-bond donors (Lipinski definition) is 1. The Morgan fingerprint density at radius 3 is 2.66 bits per heavy atom. The van der Waals surface area contributed by atoms with E-state index in [4.69, 9.17) is 14.6 Å². The van der Waals surface area contributed by atoms with E-state index in [1.165, 1.54) is 17.4 Å². The number of methoxy groups -OCH3 is 1. The van der Waals surface area contributed by atoms with Gasteiger partial charge in [0.25, 0.3) is 5.56 Å². The third kappa shape index (κ3) is 4.24. The Labute approximate surface area is 204 Å². The van der Waals surface area contributed by atoms with Crippen LogP contribution in [0.5, 0.6) is 11.5 Å². The summed E-state index contributed by atoms with van der Waals surface area (Å²) < 4.78 is 13.6. The van der Waals surface area contributed by atoms with Crippen LogP contribution < -0.4 is 19.6 Å². The van der Waals surface area contributed by atoms with E-state index in [1.54, 1.807) is 41.8 Å². The topological polar surface area (TPSA) is 90.1 Å². The summed E-state index contributed by atoms with van der Waals surface area (Å²) in [6.07, 6.45) is 1.82. The predicted molar refractivity (Wildman–Crippen MR) is 136 cm³/mol. The Hall–Kier alpha value is -4.17. The van der Waals surface area contributed by atoms with Crippen LogP contribution in [0.2, 0.25) is 0 Å². The van der Waals surface area contributed by atoms with Crippen LogP contribution in [0.25, 0.3) is 22.1 Å². The Morgan fingerprint density at radius 2 is 1.89 bits per heavy atom. The van der Waals surface area contributed by atoms with Crippen molar-refractivity contribution in [3.63, 3.8) is 0 Å². The molecular formula is C27H22N2O5S. The number of aromatic nitrogens is 2. The number of hydrogen-bond acceptors (Lipinski definition) is 6. The fourth-order valence-electron chi connectivity index (χ4n) is 3.92. The Morgan fingerprint density at radius 1 is 1.09 bits per heavy atom. The number of carbonyl (C=O) groups is 1. The summed E-state index contributed by atoms with van der Waals surface area (Å²) in [5.41, 5.74) is 5.53. The molecule has 0 radical (unpaired) electrons. The van der Waals surface area contributed by atoms with Crippen molar-refractivity contribution in [2.24, 2.45) is 0 Å². The molecule has 2 heterocycles. The van der Waals surface area contributed by atoms with Crippen molar-refractivity contribution in [1.29, 1.82) is 0 Å². The van der Waals surface area contributed by atoms with Gasteiger partial charge in [-0.15, -0.1) is 0 Å². The van der Waals surface area contributed by atoms with Crippen LogP contribution in [0.3, 0.4) is 0 Å². The summed E-state index contributed by atoms with van der Waals surface area (Å²) in [5, 5.41) is 9.16. The van der Waals surface area contributed by atoms with E-state index in [-0.39, 0.29) is 17.7 Å². The molecule has 3 aromatic carbocycles. The highest BCUT2D eigenvalue weighted by atomic mass is 32.1. The maximum atomic E-state index is 13.2. The van der Waals surface area contributed by atoms with Gasteiger partial charge in [0, 0.05) is 0 Å². The third-order valence-electron chi connectivity index (χ3n) is 5.91. The van der Waals surface area contributed by atoms with E-state index < -0.39 is 5.97 Å². The third-order valence-corrected chi connectivity index (χ3v) is 6.88. The van der Waals surface area contributed by atoms with Crippen molar-refractivity contribution in [2.45, 2.75) is 20.5 Å². The molecule has 0 unspecified atom stereocenters. The molecular weight excluding hydrogens is 464 g/mol. The molecule has 5 rings (SSSR count). The van der Waals surface area contributed by atoms with Gasteiger partial charge in [0.1, 0.15) is 6.61 Å². The molecule has 8 heteroatoms. The molecule has 0 aliphatic rings. The summed E-state index contributed by atoms with van der Waals surface area (Å²) in [6, 6.07) is 16.0. The standard InChI is InChI=1S/C27H22N2O5S/c1-15-9-20-21(10-16(15)2)29-25(30)24(35-27(29)28-20)13-17-7-8-22(23(12-17)33-3)34-14-18-5-4-6-19(11-18)26(31)32/h4-13H,14H2,1-3H3,(H,31,32)/b24-13-. The molecule has 0 saturated carbocycles. The number of ether oxygens (including phenoxy) is 2. The van der Waals surface area contributed by atoms with Gasteiger partial charge in [-0.3, -0.25) is 4.79 Å². The van der Waals surface area contributed by atoms with Gasteiger partial charge < -0.3 is 14.6 Å². The monoisotopic (exact) mass is 486 g/mol. The van der Waals surface area contributed by atoms with Crippen molar-refractivity contribution in [3.8, 4) is 11.5 Å². The molecule has 0 spiro atoms. The quantitative estimate of drug-likeness (QED) is 0.384. The second-order valence-corrected chi connectivity index (χ2v) is 9.28. The summed E-state index contributed by atoms with van der Waals surface area (Å²) in [7, 11) is 1.55. The average molecular weight is 487 g/mol. The summed E-state index contributed by atoms with van der Waals surface area (Å²) in [6.45, 7) is 4.25. The number of aromatic carboxylic acids is 1. The van der Waals surface area contributed by atoms with Gasteiger partial charge in [-0.1, -0.05) is 29.5 Å². The van der Waals surface area contributed by atoms with E-state index in [2.05, 4.69) is 4.98 Å². The lowest BCUT2D eigenvalue weighted by atomic mass is 10.1. The highest BCUT2D eigenvalue weighted by molar-refractivity contribution is 7.15. The second-order valence-electron chi connectivity index (χ2n) is 8.28. The number of imidazole rings is 1. The Balaban J connectivity index is 1.46. The Bertz CT molecular complexity index is 1720. The maximum Gasteiger partial charge on any atom is 0.335 e. The number of carboxylic acids is 1. The molecule has 2 aromatic heterocycles. The van der Waals surface area contributed by atoms with Gasteiger partial charge in [-0.05, 0) is 78.6 Å². The number of carboxylic acid groups (broad SMARTS) is 1. The predicted octanol–water partition coefficient (Wildman–Crippen LogP) is 4.36. The minimum Gasteiger partial charge on any atom is -0.493 e. The molecule has 176 valence electrons. The lowest BCUT2D eigenvalue weighted by Crippen LogP contribution is -2.22. The number of fused-ring (bicyclic) bond motifs is 3. The second kappa shape index (κ2) is 8.88. The highest BCUT2D eigenvalue weighted by Gasteiger charge is 2.13. The summed E-state index contributed by atoms with van der Waals surface area (Å²) >= 11 is 1.35. The molecule has 0 bridgehead atoms. The van der Waals surface area contributed by atoms with Gasteiger partial charge in [-0.25, -0.2) is 14.2 Å². The van der Waals surface area contributed by atoms with Crippen molar-refractivity contribution in [2.75, 3.05) is 7.11 Å². The number of benzene rings is 3. The van der Waals surface area contributed by atoms with Gasteiger partial charge in [0.15, 0.2) is 16.5 Å². The summed E-state index contributed by atoms with van der Waals surface area (Å²) in [5.74, 6) is 0.0466. The van der Waals surface area contributed by atoms with Crippen LogP contribution >= 0.6 is 11.3 Å². The van der Waals surface area contributed by atoms with Crippen molar-refractivity contribution >= 4 is 39.4 Å². The van der Waals surface area contributed by atoms with Gasteiger partial charge in [0.05, 0.1) is 28.2 Å². The molecule has 0 fully saturated rings. The number of nitrogens with zero attached hydrogens (tertiary/aromatic N) is 2. The van der Waals surface area contributed by atoms with Gasteiger partial charge in [-0.2, -0.15) is 0 Å². The fourth-order valence-corrected chi connectivity index (χ4v) is 4.91. The molecule has 0 aliphatic heterocycles. The normalized spacial score (nSPS) is 11.9. The smallest absolute Gasteiger partial charge is 0.335 e. The zero-order valence-electron chi connectivity index (χ0n) is 19.4. The van der Waals surface area contributed by atoms with Crippen LogP contribution in [0.1, 0.15) is 32.6 Å². The molecule has 0 atom stereocenters. The van der Waals surface area contributed by atoms with E-state index in [9.17, 15) is 9.59 Å². The number of aryl methyl sites for hydroxylation is 2. The highest BCUT2D eigenvalue weighted by Crippen LogP contribution is 2.29. The molecule has 1 N–H and O–H groups in total. The number of rotatable bonds is 6. The minimum atomic E-state index is -0.985. The first-order valence-electron chi connectivity index (χ1n) is 10.9. The van der Waals surface area contributed by atoms with E-state index in [1.807, 2.05) is 38.1 Å². The molecule has 0 saturated heterocycles. The maximum absolute atomic E-state index is 13.2. The van der Waals surface area contributed by atoms with Crippen LogP contribution in [0.15, 0.2) is 59.4 Å². The molecule has 35 heavy (non-hydrogen) atoms. The first kappa shape index (κ1) is 22.6. The van der Waals surface area contributed by atoms with Gasteiger partial charge in [0.2, 0.25) is 0 Å². The van der Waals surface area contributed by atoms with E-state index in [0.29, 0.717) is 21.0 Å². The number of thiazole rings is 1. The lowest BCUT2D eigenvalue weighted by Gasteiger charge is -2.11. The first-order chi connectivity index (χ1) is 16.8. The minimum absolute atomic E-state index is 0.103. The largest absolute Gasteiger partial charge is 0.493 e. The summed E-state index contributed by atoms with van der Waals surface area (Å²) in [4.78, 5) is 29.6. The Kier molecular flexibility index (Phi) is 5.74. The van der Waals surface area contributed by atoms with Crippen molar-refractivity contribution in [3.05, 3.63) is 97.3 Å². The van der Waals surface area contributed by atoms with Crippen LogP contribution in [0, 0.1) is 13.8 Å². The average Bonchev–Trinajstić information content (AvgIpc) is 3.33. The van der Waals surface area contributed by atoms with E-state index in [0.717, 1.165) is 33.3 Å². The first-order valence-corrected chi connectivity index (χ1v) is 11.7. The van der Waals surface area contributed by atoms with Crippen molar-refractivity contribution < 1.29 is 19.4 Å². The van der Waals surface area contributed by atoms with Crippen molar-refractivity contribution in [1.82, 2.24) is 9.38 Å². The fraction of sp³-hybridized carbons (Fsp3) is 0.148. The molecule has 0 amide bonds. The molecule has 0 aliphatic carbocycles. The van der Waals surface area contributed by atoms with Crippen LogP contribution in [0.4, 0.5) is 0 Å². The zero-order valence-corrected chi connectivity index (χ0v) is 20.2. The molecule has 7 nitrogen and oxygen atoms in total. The van der Waals surface area contributed by atoms with Crippen LogP contribution in [-0.2, 0) is 6.61 Å². The SMILES string of the molecule is COc1cc(/C=c2\sc3nc4cc(C)c(C)cc4n3c2=O)ccc1OCc1cccc(C(=O)O)c1. The zero-order chi connectivity index (χ0) is 24.7. The van der Waals surface area contributed by atoms with E-state index >= 15 is 0 Å². The molecule has 5 aromatic rings. The lowest BCUT2D eigenvalue weighted by molar-refractivity contribution is 0.0696. The van der Waals surface area contributed by atoms with Crippen LogP contribution in [-0.4, -0.2) is 27.6 Å².